The first-order valence-corrected chi connectivity index (χ1v) is 18.4. The lowest BCUT2D eigenvalue weighted by atomic mass is 9.98. The molecule has 2 aromatic carbocycles. The topological polar surface area (TPSA) is 218 Å². The van der Waals surface area contributed by atoms with Gasteiger partial charge in [0.15, 0.2) is 0 Å². The Bertz CT molecular complexity index is 2420. The minimum Gasteiger partial charge on any atom is -0.480 e. The van der Waals surface area contributed by atoms with E-state index >= 15 is 0 Å². The summed E-state index contributed by atoms with van der Waals surface area (Å²) >= 11 is 14.1. The number of nitrogens with zero attached hydrogens (tertiary/aromatic N) is 6. The second-order valence-corrected chi connectivity index (χ2v) is 14.3. The SMILES string of the molecule is Cc1cn2nc(-c3cccc(-c4cccc(-c5cc6c(=O)n(CCN[C@H](C(=O)O)[C@@H](C)O)c(C)cn6n5)c4Cl)c3Cl)cc2c(=O)n1CCN[C@H](C(=O)O)[C@@H](C)O. The zero-order chi connectivity index (χ0) is 40.6. The zero-order valence-electron chi connectivity index (χ0n) is 30.8. The van der Waals surface area contributed by atoms with Crippen LogP contribution in [0.4, 0.5) is 0 Å². The van der Waals surface area contributed by atoms with Crippen LogP contribution in [0.3, 0.4) is 0 Å². The van der Waals surface area contributed by atoms with E-state index in [0.29, 0.717) is 55.1 Å². The fourth-order valence-corrected chi connectivity index (χ4v) is 7.33. The van der Waals surface area contributed by atoms with Crippen molar-refractivity contribution in [2.75, 3.05) is 13.1 Å². The van der Waals surface area contributed by atoms with E-state index in [1.807, 2.05) is 0 Å². The second-order valence-electron chi connectivity index (χ2n) is 13.5. The molecule has 4 heterocycles. The number of carboxylic acid groups (broad SMARTS) is 2. The molecule has 56 heavy (non-hydrogen) atoms. The van der Waals surface area contributed by atoms with E-state index in [1.165, 1.54) is 32.0 Å². The summed E-state index contributed by atoms with van der Waals surface area (Å²) in [4.78, 5) is 50.0. The third kappa shape index (κ3) is 7.84. The number of benzene rings is 2. The first-order valence-electron chi connectivity index (χ1n) is 17.6. The van der Waals surface area contributed by atoms with Gasteiger partial charge in [-0.05, 0) is 39.8 Å². The average molecular weight is 808 g/mol. The highest BCUT2D eigenvalue weighted by atomic mass is 35.5. The Morgan fingerprint density at radius 2 is 1.04 bits per heavy atom. The number of hydrogen-bond acceptors (Lipinski definition) is 10. The largest absolute Gasteiger partial charge is 0.480 e. The minimum atomic E-state index is -1.20. The number of rotatable bonds is 15. The molecule has 0 bridgehead atoms. The zero-order valence-corrected chi connectivity index (χ0v) is 32.3. The molecule has 294 valence electrons. The summed E-state index contributed by atoms with van der Waals surface area (Å²) in [5, 5.41) is 53.8. The van der Waals surface area contributed by atoms with Gasteiger partial charge in [0.25, 0.3) is 11.1 Å². The molecule has 0 unspecified atom stereocenters. The predicted octanol–water partition coefficient (Wildman–Crippen LogP) is 3.08. The molecule has 16 nitrogen and oxygen atoms in total. The molecule has 6 N–H and O–H groups in total. The van der Waals surface area contributed by atoms with Gasteiger partial charge in [0.1, 0.15) is 23.1 Å². The van der Waals surface area contributed by atoms with Gasteiger partial charge in [0, 0.05) is 72.2 Å². The van der Waals surface area contributed by atoms with Crippen LogP contribution in [0.1, 0.15) is 25.2 Å². The third-order valence-corrected chi connectivity index (χ3v) is 10.4. The summed E-state index contributed by atoms with van der Waals surface area (Å²) < 4.78 is 5.95. The van der Waals surface area contributed by atoms with Crippen LogP contribution >= 0.6 is 23.2 Å². The number of aliphatic hydroxyl groups is 2. The molecule has 0 aliphatic rings. The van der Waals surface area contributed by atoms with Gasteiger partial charge >= 0.3 is 11.9 Å². The van der Waals surface area contributed by atoms with Gasteiger partial charge in [-0.25, -0.2) is 9.03 Å². The number of aliphatic carboxylic acids is 2. The summed E-state index contributed by atoms with van der Waals surface area (Å²) in [5.74, 6) is -2.39. The summed E-state index contributed by atoms with van der Waals surface area (Å²) in [6.07, 6.45) is 1.13. The van der Waals surface area contributed by atoms with Gasteiger partial charge in [0.2, 0.25) is 0 Å². The molecule has 0 amide bonds. The van der Waals surface area contributed by atoms with E-state index < -0.39 is 36.2 Å². The van der Waals surface area contributed by atoms with Gasteiger partial charge < -0.3 is 40.2 Å². The summed E-state index contributed by atoms with van der Waals surface area (Å²) in [7, 11) is 0. The molecule has 0 spiro atoms. The molecule has 4 atom stereocenters. The molecular formula is C38H40Cl2N8O8. The molecule has 0 saturated carbocycles. The van der Waals surface area contributed by atoms with Gasteiger partial charge in [0.05, 0.1) is 33.6 Å². The van der Waals surface area contributed by atoms with Crippen molar-refractivity contribution in [2.45, 2.75) is 65.1 Å². The standard InChI is InChI=1S/C38H40Cl2N8O8/c1-19-17-47-29(35(51)45(19)13-11-41-33(21(3)49)37(53)54)15-27(43-47)25-9-5-7-23(31(25)39)24-8-6-10-26(32(24)40)28-16-30-36(52)46(20(2)18-48(30)44-28)14-12-42-34(22(4)50)38(55)56/h5-10,15-18,21-22,33-34,41-42,49-50H,11-14H2,1-4H3,(H,53,54)(H,55,56)/t21-,22-,33+,34+/m1/s1. The lowest BCUT2D eigenvalue weighted by Crippen LogP contribution is -2.46. The summed E-state index contributed by atoms with van der Waals surface area (Å²) in [6, 6.07) is 11.7. The van der Waals surface area contributed by atoms with Gasteiger partial charge in [-0.2, -0.15) is 10.2 Å². The molecule has 6 aromatic rings. The molecule has 0 fully saturated rings. The maximum Gasteiger partial charge on any atom is 0.323 e. The van der Waals surface area contributed by atoms with E-state index in [9.17, 15) is 39.6 Å². The number of hydrogen-bond donors (Lipinski definition) is 6. The number of halogens is 2. The van der Waals surface area contributed by atoms with Crippen molar-refractivity contribution in [3.8, 4) is 33.6 Å². The minimum absolute atomic E-state index is 0.125. The highest BCUT2D eigenvalue weighted by molar-refractivity contribution is 6.39. The third-order valence-electron chi connectivity index (χ3n) is 9.61. The lowest BCUT2D eigenvalue weighted by molar-refractivity contribution is -0.143. The number of aryl methyl sites for hydroxylation is 2. The van der Waals surface area contributed by atoms with Crippen molar-refractivity contribution in [3.05, 3.63) is 103 Å². The molecule has 6 rings (SSSR count). The fourth-order valence-electron chi connectivity index (χ4n) is 6.68. The highest BCUT2D eigenvalue weighted by Gasteiger charge is 2.24. The molecule has 0 aliphatic carbocycles. The average Bonchev–Trinajstić information content (AvgIpc) is 3.75. The number of aromatic nitrogens is 6. The van der Waals surface area contributed by atoms with E-state index in [-0.39, 0.29) is 48.3 Å². The van der Waals surface area contributed by atoms with Crippen molar-refractivity contribution in [2.24, 2.45) is 0 Å². The highest BCUT2D eigenvalue weighted by Crippen LogP contribution is 2.42. The Hall–Kier alpha value is -5.36. The monoisotopic (exact) mass is 806 g/mol. The van der Waals surface area contributed by atoms with Crippen molar-refractivity contribution in [3.63, 3.8) is 0 Å². The van der Waals surface area contributed by atoms with E-state index in [1.54, 1.807) is 74.8 Å². The number of aliphatic hydroxyl groups excluding tert-OH is 2. The molecular weight excluding hydrogens is 767 g/mol. The predicted molar refractivity (Wildman–Crippen MR) is 210 cm³/mol. The number of nitrogens with one attached hydrogen (secondary N) is 2. The first kappa shape index (κ1) is 40.3. The lowest BCUT2D eigenvalue weighted by Gasteiger charge is -2.18. The van der Waals surface area contributed by atoms with Crippen LogP contribution in [-0.4, -0.2) is 98.1 Å². The van der Waals surface area contributed by atoms with Crippen molar-refractivity contribution >= 4 is 46.2 Å². The molecule has 0 saturated heterocycles. The Balaban J connectivity index is 1.29. The van der Waals surface area contributed by atoms with Crippen LogP contribution in [-0.2, 0) is 22.7 Å². The van der Waals surface area contributed by atoms with Crippen LogP contribution < -0.4 is 21.8 Å². The Morgan fingerprint density at radius 1 is 0.679 bits per heavy atom. The van der Waals surface area contributed by atoms with Gasteiger partial charge in [-0.1, -0.05) is 59.6 Å². The van der Waals surface area contributed by atoms with E-state index in [0.717, 1.165) is 0 Å². The van der Waals surface area contributed by atoms with Crippen LogP contribution in [0.2, 0.25) is 10.0 Å². The smallest absolute Gasteiger partial charge is 0.323 e. The van der Waals surface area contributed by atoms with Crippen LogP contribution in [0.5, 0.6) is 0 Å². The normalized spacial score (nSPS) is 13.9. The summed E-state index contributed by atoms with van der Waals surface area (Å²) in [6.45, 7) is 6.79. The number of fused-ring (bicyclic) bond motifs is 2. The van der Waals surface area contributed by atoms with Crippen LogP contribution in [0, 0.1) is 13.8 Å². The first-order chi connectivity index (χ1) is 26.6. The number of carbonyl (C=O) groups is 2. The maximum atomic E-state index is 13.6. The van der Waals surface area contributed by atoms with E-state index in [4.69, 9.17) is 23.2 Å². The molecule has 18 heteroatoms. The maximum absolute atomic E-state index is 13.6. The van der Waals surface area contributed by atoms with Crippen LogP contribution in [0.25, 0.3) is 44.7 Å². The molecule has 0 aliphatic heterocycles. The van der Waals surface area contributed by atoms with Crippen molar-refractivity contribution < 1.29 is 30.0 Å². The second kappa shape index (κ2) is 16.4. The van der Waals surface area contributed by atoms with Crippen LogP contribution in [0.15, 0.2) is 70.5 Å². The Labute approximate surface area is 329 Å². The number of carboxylic acids is 2. The van der Waals surface area contributed by atoms with Gasteiger partial charge in [-0.3, -0.25) is 19.2 Å². The Morgan fingerprint density at radius 3 is 1.38 bits per heavy atom. The fraction of sp³-hybridized carbons (Fsp3) is 0.316. The molecule has 4 aromatic heterocycles. The molecule has 0 radical (unpaired) electrons. The van der Waals surface area contributed by atoms with E-state index in [2.05, 4.69) is 20.8 Å². The van der Waals surface area contributed by atoms with Crippen molar-refractivity contribution in [1.82, 2.24) is 39.0 Å². The quantitative estimate of drug-likeness (QED) is 0.0883. The van der Waals surface area contributed by atoms with Gasteiger partial charge in [-0.15, -0.1) is 0 Å². The summed E-state index contributed by atoms with van der Waals surface area (Å²) in [5.41, 5.74) is 4.18. The van der Waals surface area contributed by atoms with Crippen molar-refractivity contribution in [1.29, 1.82) is 0 Å². The Kier molecular flexibility index (Phi) is 11.8.